The molecule has 1 heterocycles. The fourth-order valence-electron chi connectivity index (χ4n) is 2.16. The molecule has 2 unspecified atom stereocenters. The largest absolute Gasteiger partial charge is 0.399 e. The molecule has 4 nitrogen and oxygen atoms in total. The Bertz CT molecular complexity index is 422. The molecule has 19 heavy (non-hydrogen) atoms. The van der Waals surface area contributed by atoms with Gasteiger partial charge in [0.25, 0.3) is 0 Å². The first kappa shape index (κ1) is 15.8. The SMILES string of the molecule is CC1CN(C(=O)Cc2ccc(N)cc2)C(C)CO1.Cl. The quantitative estimate of drug-likeness (QED) is 0.844. The second-order valence-corrected chi connectivity index (χ2v) is 4.96. The summed E-state index contributed by atoms with van der Waals surface area (Å²) < 4.78 is 5.53. The number of ether oxygens (including phenoxy) is 1. The molecule has 0 bridgehead atoms. The summed E-state index contributed by atoms with van der Waals surface area (Å²) >= 11 is 0. The van der Waals surface area contributed by atoms with Gasteiger partial charge in [0.05, 0.1) is 25.2 Å². The van der Waals surface area contributed by atoms with Crippen LogP contribution < -0.4 is 5.73 Å². The number of anilines is 1. The van der Waals surface area contributed by atoms with E-state index < -0.39 is 0 Å². The number of carbonyl (C=O) groups is 1. The van der Waals surface area contributed by atoms with Crippen molar-refractivity contribution in [3.8, 4) is 0 Å². The van der Waals surface area contributed by atoms with Crippen LogP contribution in [0.4, 0.5) is 5.69 Å². The molecule has 1 aromatic carbocycles. The van der Waals surface area contributed by atoms with E-state index >= 15 is 0 Å². The zero-order valence-electron chi connectivity index (χ0n) is 11.3. The molecule has 1 amide bonds. The predicted octanol–water partition coefficient (Wildman–Crippen LogP) is 1.87. The summed E-state index contributed by atoms with van der Waals surface area (Å²) in [7, 11) is 0. The lowest BCUT2D eigenvalue weighted by Crippen LogP contribution is -2.50. The predicted molar refractivity (Wildman–Crippen MR) is 78.4 cm³/mol. The fraction of sp³-hybridized carbons (Fsp3) is 0.500. The minimum absolute atomic E-state index is 0. The Balaban J connectivity index is 0.00000180. The van der Waals surface area contributed by atoms with E-state index in [0.29, 0.717) is 19.6 Å². The number of nitrogens with zero attached hydrogens (tertiary/aromatic N) is 1. The second kappa shape index (κ2) is 6.78. The lowest BCUT2D eigenvalue weighted by molar-refractivity contribution is -0.142. The summed E-state index contributed by atoms with van der Waals surface area (Å²) in [5, 5.41) is 0. The molecule has 1 fully saturated rings. The molecule has 0 spiro atoms. The average Bonchev–Trinajstić information content (AvgIpc) is 2.35. The topological polar surface area (TPSA) is 55.6 Å². The van der Waals surface area contributed by atoms with Crippen molar-refractivity contribution in [1.82, 2.24) is 4.90 Å². The Hall–Kier alpha value is -1.26. The van der Waals surface area contributed by atoms with Gasteiger partial charge in [-0.25, -0.2) is 0 Å². The van der Waals surface area contributed by atoms with Crippen molar-refractivity contribution in [1.29, 1.82) is 0 Å². The number of carbonyl (C=O) groups excluding carboxylic acids is 1. The highest BCUT2D eigenvalue weighted by Crippen LogP contribution is 2.14. The van der Waals surface area contributed by atoms with Crippen LogP contribution in [-0.2, 0) is 16.0 Å². The number of morpholine rings is 1. The van der Waals surface area contributed by atoms with Gasteiger partial charge in [0, 0.05) is 12.2 Å². The molecule has 1 saturated heterocycles. The average molecular weight is 285 g/mol. The first-order valence-electron chi connectivity index (χ1n) is 6.31. The van der Waals surface area contributed by atoms with E-state index in [0.717, 1.165) is 11.3 Å². The first-order chi connectivity index (χ1) is 8.56. The van der Waals surface area contributed by atoms with Gasteiger partial charge in [-0.15, -0.1) is 12.4 Å². The standard InChI is InChI=1S/C14H20N2O2.ClH/c1-10-9-18-11(2)8-16(10)14(17)7-12-3-5-13(15)6-4-12;/h3-6,10-11H,7-9,15H2,1-2H3;1H. The highest BCUT2D eigenvalue weighted by Gasteiger charge is 2.27. The lowest BCUT2D eigenvalue weighted by Gasteiger charge is -2.36. The van der Waals surface area contributed by atoms with Gasteiger partial charge >= 0.3 is 0 Å². The molecule has 5 heteroatoms. The number of hydrogen-bond donors (Lipinski definition) is 1. The van der Waals surface area contributed by atoms with Crippen molar-refractivity contribution < 1.29 is 9.53 Å². The summed E-state index contributed by atoms with van der Waals surface area (Å²) in [5.74, 6) is 0.155. The number of nitrogen functional groups attached to an aromatic ring is 1. The minimum Gasteiger partial charge on any atom is -0.399 e. The Morgan fingerprint density at radius 1 is 1.37 bits per heavy atom. The van der Waals surface area contributed by atoms with Gasteiger partial charge in [0.15, 0.2) is 0 Å². The van der Waals surface area contributed by atoms with Crippen LogP contribution in [0.3, 0.4) is 0 Å². The normalized spacial score (nSPS) is 22.7. The van der Waals surface area contributed by atoms with Gasteiger partial charge in [0.2, 0.25) is 5.91 Å². The number of rotatable bonds is 2. The molecular formula is C14H21ClN2O2. The molecule has 2 N–H and O–H groups in total. The van der Waals surface area contributed by atoms with Gasteiger partial charge in [-0.3, -0.25) is 4.79 Å². The van der Waals surface area contributed by atoms with Crippen LogP contribution in [0.5, 0.6) is 0 Å². The molecule has 106 valence electrons. The highest BCUT2D eigenvalue weighted by molar-refractivity contribution is 5.85. The van der Waals surface area contributed by atoms with Crippen LogP contribution in [0, 0.1) is 0 Å². The molecule has 1 aliphatic heterocycles. The van der Waals surface area contributed by atoms with Crippen LogP contribution in [-0.4, -0.2) is 36.1 Å². The van der Waals surface area contributed by atoms with Crippen molar-refractivity contribution >= 4 is 24.0 Å². The van der Waals surface area contributed by atoms with Crippen LogP contribution in [0.1, 0.15) is 19.4 Å². The Kier molecular flexibility index (Phi) is 5.63. The van der Waals surface area contributed by atoms with Crippen molar-refractivity contribution in [2.24, 2.45) is 0 Å². The van der Waals surface area contributed by atoms with Gasteiger partial charge < -0.3 is 15.4 Å². The maximum Gasteiger partial charge on any atom is 0.227 e. The summed E-state index contributed by atoms with van der Waals surface area (Å²) in [6.45, 7) is 5.31. The second-order valence-electron chi connectivity index (χ2n) is 4.96. The third kappa shape index (κ3) is 4.11. The molecule has 0 saturated carbocycles. The van der Waals surface area contributed by atoms with Gasteiger partial charge in [-0.2, -0.15) is 0 Å². The van der Waals surface area contributed by atoms with Crippen molar-refractivity contribution in [2.75, 3.05) is 18.9 Å². The van der Waals surface area contributed by atoms with Crippen molar-refractivity contribution in [2.45, 2.75) is 32.4 Å². The molecule has 0 aromatic heterocycles. The maximum absolute atomic E-state index is 12.2. The molecule has 1 aromatic rings. The van der Waals surface area contributed by atoms with Crippen LogP contribution in [0.25, 0.3) is 0 Å². The molecular weight excluding hydrogens is 264 g/mol. The highest BCUT2D eigenvalue weighted by atomic mass is 35.5. The summed E-state index contributed by atoms with van der Waals surface area (Å²) in [6.07, 6.45) is 0.550. The third-order valence-corrected chi connectivity index (χ3v) is 3.26. The number of amides is 1. The number of nitrogens with two attached hydrogens (primary N) is 1. The Labute approximate surface area is 120 Å². The van der Waals surface area contributed by atoms with Crippen molar-refractivity contribution in [3.63, 3.8) is 0 Å². The summed E-state index contributed by atoms with van der Waals surface area (Å²) in [6, 6.07) is 7.62. The molecule has 1 aliphatic rings. The van der Waals surface area contributed by atoms with E-state index in [1.165, 1.54) is 0 Å². The third-order valence-electron chi connectivity index (χ3n) is 3.26. The van der Waals surface area contributed by atoms with Gasteiger partial charge in [-0.05, 0) is 31.5 Å². The number of benzene rings is 1. The summed E-state index contributed by atoms with van der Waals surface area (Å²) in [5.41, 5.74) is 7.35. The van der Waals surface area contributed by atoms with Gasteiger partial charge in [0.1, 0.15) is 0 Å². The van der Waals surface area contributed by atoms with Gasteiger partial charge in [-0.1, -0.05) is 12.1 Å². The number of hydrogen-bond acceptors (Lipinski definition) is 3. The van der Waals surface area contributed by atoms with Crippen LogP contribution in [0.2, 0.25) is 0 Å². The maximum atomic E-state index is 12.2. The zero-order valence-corrected chi connectivity index (χ0v) is 12.2. The Morgan fingerprint density at radius 3 is 2.63 bits per heavy atom. The first-order valence-corrected chi connectivity index (χ1v) is 6.31. The molecule has 0 radical (unpaired) electrons. The monoisotopic (exact) mass is 284 g/mol. The van der Waals surface area contributed by atoms with E-state index in [9.17, 15) is 4.79 Å². The zero-order chi connectivity index (χ0) is 13.1. The van der Waals surface area contributed by atoms with E-state index in [-0.39, 0.29) is 30.5 Å². The minimum atomic E-state index is 0. The summed E-state index contributed by atoms with van der Waals surface area (Å²) in [4.78, 5) is 14.2. The van der Waals surface area contributed by atoms with Crippen molar-refractivity contribution in [3.05, 3.63) is 29.8 Å². The lowest BCUT2D eigenvalue weighted by atomic mass is 10.1. The smallest absolute Gasteiger partial charge is 0.227 e. The van der Waals surface area contributed by atoms with E-state index in [1.54, 1.807) is 0 Å². The Morgan fingerprint density at radius 2 is 2.00 bits per heavy atom. The van der Waals surface area contributed by atoms with E-state index in [2.05, 4.69) is 0 Å². The fourth-order valence-corrected chi connectivity index (χ4v) is 2.16. The number of halogens is 1. The van der Waals surface area contributed by atoms with Crippen LogP contribution in [0.15, 0.2) is 24.3 Å². The van der Waals surface area contributed by atoms with E-state index in [1.807, 2.05) is 43.0 Å². The molecule has 2 rings (SSSR count). The van der Waals surface area contributed by atoms with Crippen LogP contribution >= 0.6 is 12.4 Å². The van der Waals surface area contributed by atoms with E-state index in [4.69, 9.17) is 10.5 Å². The molecule has 2 atom stereocenters. The molecule has 0 aliphatic carbocycles.